The zero-order valence-corrected chi connectivity index (χ0v) is 77.5. The molecule has 8 unspecified atom stereocenters. The van der Waals surface area contributed by atoms with E-state index in [1.54, 1.807) is 54.2 Å². The van der Waals surface area contributed by atoms with Gasteiger partial charge in [-0.2, -0.15) is 0 Å². The summed E-state index contributed by atoms with van der Waals surface area (Å²) in [5.41, 5.74) is 0. The third-order valence-electron chi connectivity index (χ3n) is 17.8. The van der Waals surface area contributed by atoms with Gasteiger partial charge in [0.25, 0.3) is 0 Å². The number of hydrogen-bond acceptors (Lipinski definition) is 21. The van der Waals surface area contributed by atoms with E-state index in [1.165, 1.54) is 57.8 Å². The molecule has 40 nitrogen and oxygen atoms in total. The van der Waals surface area contributed by atoms with Crippen LogP contribution in [0.15, 0.2) is 74.9 Å². The van der Waals surface area contributed by atoms with E-state index in [-0.39, 0.29) is 49.3 Å². The third-order valence-corrected chi connectivity index (χ3v) is 17.8. The van der Waals surface area contributed by atoms with E-state index in [0.717, 1.165) is 161 Å². The molecular weight excluding hydrogens is 1470 g/mol. The number of rotatable bonds is 20. The fourth-order valence-electron chi connectivity index (χ4n) is 11.1. The Bertz CT molecular complexity index is 3290. The van der Waals surface area contributed by atoms with E-state index in [2.05, 4.69) is 230 Å². The molecule has 116 heavy (non-hydrogen) atoms. The number of hydrogen-bond donors (Lipinski definition) is 16. The molecule has 0 aromatic heterocycles. The molecule has 0 saturated carbocycles. The number of unbranched alkanes of at least 4 members (excludes halogenated alkanes) is 6. The summed E-state index contributed by atoms with van der Waals surface area (Å²) in [6.45, 7) is 40.7. The van der Waals surface area contributed by atoms with Crippen LogP contribution >= 0.6 is 0 Å². The summed E-state index contributed by atoms with van der Waals surface area (Å²) < 4.78 is 0. The van der Waals surface area contributed by atoms with Crippen LogP contribution in [0.1, 0.15) is 188 Å². The minimum absolute atomic E-state index is 0.00711. The van der Waals surface area contributed by atoms with Gasteiger partial charge in [-0.15, -0.1) is 0 Å². The lowest BCUT2D eigenvalue weighted by molar-refractivity contribution is 0.408. The Labute approximate surface area is 698 Å². The Morgan fingerprint density at radius 3 is 0.940 bits per heavy atom. The largest absolute Gasteiger partial charge is 0.346 e. The molecule has 3 saturated heterocycles. The fraction of sp³-hybridized carbons (Fsp3) is 0.789. The molecule has 8 rings (SSSR count). The zero-order valence-electron chi connectivity index (χ0n) is 77.5. The third kappa shape index (κ3) is 39.5. The molecule has 8 atom stereocenters. The van der Waals surface area contributed by atoms with Gasteiger partial charge in [0, 0.05) is 165 Å². The Morgan fingerprint density at radius 1 is 0.310 bits per heavy atom. The van der Waals surface area contributed by atoms with Crippen LogP contribution in [0, 0.1) is 5.41 Å². The molecule has 8 heterocycles. The molecule has 0 spiro atoms. The first kappa shape index (κ1) is 104. The minimum Gasteiger partial charge on any atom is -0.346 e. The smallest absolute Gasteiger partial charge is 0.205 e. The molecule has 0 radical (unpaired) electrons. The molecule has 8 aliphatic rings. The molecule has 0 amide bonds. The topological polar surface area (TPSA) is 419 Å². The fourth-order valence-corrected chi connectivity index (χ4v) is 11.1. The van der Waals surface area contributed by atoms with Gasteiger partial charge in [-0.1, -0.05) is 80.1 Å². The summed E-state index contributed by atoms with van der Waals surface area (Å²) in [4.78, 5) is 82.5. The van der Waals surface area contributed by atoms with Gasteiger partial charge in [-0.3, -0.25) is 96.2 Å². The normalized spacial score (nSPS) is 24.6. The number of guanidine groups is 16. The standard InChI is InChI=1S/2C11H23N5.2C10H21N5.2C9H19N5.2C8H17N5/c1-5-6-7-8-15(3)11-14-9(2)13-10(12)16(11)4;1-5-6-7-8-16(4)11-14-9(2)13-10(12-3)15-11;1-5-6-7-15(4)10-13-8(2)12-9(11-3)14-10;1-5-6-7-12-10-14-8(2)13-9(11-3)15(10)4;1-5-6-14(4)9-12-7(2)11-8(10-3)13-9;1-5-6-11-9-13-7(2)12-8(10-3)14(9)4;1-5-13(4)8-11-6(2)10-7(9-3)12-8;1-5-10-8-12-6(2)11-7(9-3)13(8)4/h9H,5-8H2,1-4H3,(H2,12,13);9H,5-8H2,1-4H3,(H2,12,13,14,15);8H,5-7H2,1-4H3,(H2,11,12,13,14);8H,5-7H2,1-4H3,(H,11,13)(H,12,14);7H,5-6H2,1-4H3,(H2,10,11,12,13);7H,5-6H2,1-4H3,(H,10,12)(H,11,13);6H,5H2,1-4H3,(H2,9,10,11,12);6H,5H2,1-4H3,(H,9,11)(H,10,12). The Kier molecular flexibility index (Phi) is 52.6. The number of aliphatic imine (C=N–C) groups is 15. The molecule has 40 heteroatoms. The van der Waals surface area contributed by atoms with Crippen molar-refractivity contribution < 1.29 is 0 Å². The van der Waals surface area contributed by atoms with Crippen LogP contribution in [0.3, 0.4) is 0 Å². The summed E-state index contributed by atoms with van der Waals surface area (Å²) in [5.74, 6) is 13.2. The second kappa shape index (κ2) is 58.7. The van der Waals surface area contributed by atoms with Crippen molar-refractivity contribution >= 4 is 95.4 Å². The van der Waals surface area contributed by atoms with E-state index in [1.807, 2.05) is 138 Å². The molecule has 0 aromatic rings. The summed E-state index contributed by atoms with van der Waals surface area (Å²) in [5, 5.41) is 55.2. The van der Waals surface area contributed by atoms with Crippen molar-refractivity contribution in [3.05, 3.63) is 0 Å². The van der Waals surface area contributed by atoms with E-state index in [4.69, 9.17) is 5.41 Å². The summed E-state index contributed by atoms with van der Waals surface area (Å²) in [6.07, 6.45) is 15.1. The van der Waals surface area contributed by atoms with Gasteiger partial charge in [-0.05, 0) is 108 Å². The van der Waals surface area contributed by atoms with Gasteiger partial charge in [0.15, 0.2) is 29.8 Å². The molecule has 8 aliphatic heterocycles. The Morgan fingerprint density at radius 2 is 0.621 bits per heavy atom. The van der Waals surface area contributed by atoms with Gasteiger partial charge in [0.05, 0.1) is 18.5 Å². The average Bonchev–Trinajstić information content (AvgIpc) is 0.831. The lowest BCUT2D eigenvalue weighted by Gasteiger charge is -2.34. The first-order chi connectivity index (χ1) is 55.3. The van der Waals surface area contributed by atoms with Crippen molar-refractivity contribution in [1.29, 1.82) is 5.41 Å². The van der Waals surface area contributed by atoms with Crippen molar-refractivity contribution in [3.63, 3.8) is 0 Å². The Balaban J connectivity index is 0.000000664. The van der Waals surface area contributed by atoms with Crippen LogP contribution in [0.2, 0.25) is 0 Å². The maximum Gasteiger partial charge on any atom is 0.205 e. The van der Waals surface area contributed by atoms with Gasteiger partial charge >= 0.3 is 0 Å². The lowest BCUT2D eigenvalue weighted by Crippen LogP contribution is -2.62. The van der Waals surface area contributed by atoms with Crippen molar-refractivity contribution in [2.45, 2.75) is 237 Å². The van der Waals surface area contributed by atoms with E-state index < -0.39 is 0 Å². The van der Waals surface area contributed by atoms with Crippen molar-refractivity contribution in [2.75, 3.05) is 165 Å². The maximum absolute atomic E-state index is 7.77. The highest BCUT2D eigenvalue weighted by atomic mass is 15.5. The molecule has 0 aliphatic carbocycles. The van der Waals surface area contributed by atoms with Crippen LogP contribution in [0.4, 0.5) is 0 Å². The first-order valence-corrected chi connectivity index (χ1v) is 41.7. The average molecular weight is 1630 g/mol. The number of nitrogens with one attached hydrogen (secondary N) is 16. The SMILES string of the molecule is CCCCCN(C)C1=NC(C)NC(=N)N1C.CCCCCN(C)C1=NC(C)NC(=NC)N1.CCCCN(C)C1=NC(C)NC(=NC)N1.CCCCN=C1NC(C)NC(=NC)N1C.CCCN(C)C1=NC(C)NC(=NC)N1.CCCN=C1NC(C)NC(=NC)N1C.CCN(C)C1=NC(C)NC(=NC)N1.CCN=C1NC(C)NC(=NC)N1C. The van der Waals surface area contributed by atoms with E-state index in [9.17, 15) is 0 Å². The molecule has 3 fully saturated rings. The minimum atomic E-state index is -0.00711. The van der Waals surface area contributed by atoms with Crippen LogP contribution in [0.25, 0.3) is 0 Å². The predicted octanol–water partition coefficient (Wildman–Crippen LogP) is 3.52. The second-order valence-corrected chi connectivity index (χ2v) is 28.4. The summed E-state index contributed by atoms with van der Waals surface area (Å²) in [7, 11) is 30.2. The van der Waals surface area contributed by atoms with Crippen LogP contribution in [-0.4, -0.2) is 354 Å². The predicted molar refractivity (Wildman–Crippen MR) is 493 cm³/mol. The van der Waals surface area contributed by atoms with Crippen LogP contribution < -0.4 is 79.8 Å². The van der Waals surface area contributed by atoms with Gasteiger partial charge in [0.2, 0.25) is 65.6 Å². The van der Waals surface area contributed by atoms with E-state index >= 15 is 0 Å². The van der Waals surface area contributed by atoms with Crippen molar-refractivity contribution in [1.82, 2.24) is 124 Å². The van der Waals surface area contributed by atoms with Crippen LogP contribution in [-0.2, 0) is 0 Å². The molecular formula is C76H160N40. The van der Waals surface area contributed by atoms with Crippen molar-refractivity contribution in [2.24, 2.45) is 74.9 Å². The maximum atomic E-state index is 7.77. The highest BCUT2D eigenvalue weighted by Gasteiger charge is 2.27. The Hall–Kier alpha value is -10.1. The van der Waals surface area contributed by atoms with Gasteiger partial charge in [0.1, 0.15) is 30.8 Å². The van der Waals surface area contributed by atoms with E-state index in [0.29, 0.717) is 5.96 Å². The monoisotopic (exact) mass is 1630 g/mol. The first-order valence-electron chi connectivity index (χ1n) is 41.7. The molecule has 664 valence electrons. The summed E-state index contributed by atoms with van der Waals surface area (Å²) in [6, 6.07) is 0. The van der Waals surface area contributed by atoms with Crippen molar-refractivity contribution in [3.8, 4) is 0 Å². The highest BCUT2D eigenvalue weighted by molar-refractivity contribution is 6.05. The quantitative estimate of drug-likeness (QED) is 0.0775. The van der Waals surface area contributed by atoms with Gasteiger partial charge in [-0.25, -0.2) is 25.0 Å². The number of nitrogens with zero attached hydrogens (tertiary/aromatic N) is 24. The zero-order chi connectivity index (χ0) is 87.4. The molecule has 16 N–H and O–H groups in total. The molecule has 0 bridgehead atoms. The highest BCUT2D eigenvalue weighted by Crippen LogP contribution is 2.09. The second-order valence-electron chi connectivity index (χ2n) is 28.4. The molecule has 0 aromatic carbocycles. The van der Waals surface area contributed by atoms with Crippen LogP contribution in [0.5, 0.6) is 0 Å². The lowest BCUT2D eigenvalue weighted by atomic mass is 10.2. The van der Waals surface area contributed by atoms with Gasteiger partial charge < -0.3 is 83.0 Å². The summed E-state index contributed by atoms with van der Waals surface area (Å²) >= 11 is 0.